The molecule has 1 saturated heterocycles. The predicted octanol–water partition coefficient (Wildman–Crippen LogP) is 3.82. The van der Waals surface area contributed by atoms with Crippen molar-refractivity contribution in [2.75, 3.05) is 18.0 Å². The Labute approximate surface area is 144 Å². The normalized spacial score (nSPS) is 14.6. The van der Waals surface area contributed by atoms with Crippen molar-refractivity contribution in [3.63, 3.8) is 0 Å². The van der Waals surface area contributed by atoms with Gasteiger partial charge < -0.3 is 15.2 Å². The highest BCUT2D eigenvalue weighted by Gasteiger charge is 2.18. The van der Waals surface area contributed by atoms with Crippen molar-refractivity contribution in [3.8, 4) is 11.3 Å². The monoisotopic (exact) mass is 325 g/mol. The molecule has 4 heteroatoms. The highest BCUT2D eigenvalue weighted by molar-refractivity contribution is 5.95. The van der Waals surface area contributed by atoms with E-state index < -0.39 is 0 Å². The highest BCUT2D eigenvalue weighted by atomic mass is 16.1. The molecular weight excluding hydrogens is 298 g/mol. The number of primary amides is 1. The molecule has 0 atom stereocenters. The van der Waals surface area contributed by atoms with E-state index in [1.165, 1.54) is 18.5 Å². The third kappa shape index (κ3) is 3.18. The molecule has 2 heterocycles. The van der Waals surface area contributed by atoms with Crippen LogP contribution in [0.15, 0.2) is 30.3 Å². The zero-order valence-corrected chi connectivity index (χ0v) is 14.9. The number of rotatable bonds is 5. The standard InChI is InChI=1S/C20H27N3O/c1-14(2)13-23-15(3)18(20(21)24)12-19(23)16-6-8-17(9-7-16)22-10-4-5-11-22/h6-9,12,14H,4-5,10-11,13H2,1-3H3,(H2,21,24). The number of hydrogen-bond acceptors (Lipinski definition) is 2. The predicted molar refractivity (Wildman–Crippen MR) is 99.4 cm³/mol. The van der Waals surface area contributed by atoms with Crippen LogP contribution in [-0.2, 0) is 6.54 Å². The zero-order chi connectivity index (χ0) is 17.3. The van der Waals surface area contributed by atoms with Crippen LogP contribution in [0, 0.1) is 12.8 Å². The van der Waals surface area contributed by atoms with Gasteiger partial charge in [-0.15, -0.1) is 0 Å². The summed E-state index contributed by atoms with van der Waals surface area (Å²) < 4.78 is 2.22. The lowest BCUT2D eigenvalue weighted by Crippen LogP contribution is -2.17. The van der Waals surface area contributed by atoms with Crippen LogP contribution in [-0.4, -0.2) is 23.6 Å². The van der Waals surface area contributed by atoms with Crippen LogP contribution >= 0.6 is 0 Å². The Morgan fingerprint density at radius 2 is 1.79 bits per heavy atom. The molecule has 4 nitrogen and oxygen atoms in total. The minimum atomic E-state index is -0.357. The van der Waals surface area contributed by atoms with E-state index in [1.54, 1.807) is 0 Å². The van der Waals surface area contributed by atoms with Crippen molar-refractivity contribution in [1.82, 2.24) is 4.57 Å². The lowest BCUT2D eigenvalue weighted by Gasteiger charge is -2.18. The number of anilines is 1. The van der Waals surface area contributed by atoms with Gasteiger partial charge in [0.2, 0.25) is 0 Å². The molecule has 1 aromatic heterocycles. The molecule has 3 rings (SSSR count). The second-order valence-electron chi connectivity index (χ2n) is 7.14. The fourth-order valence-corrected chi connectivity index (χ4v) is 3.55. The molecule has 1 aromatic carbocycles. The van der Waals surface area contributed by atoms with Gasteiger partial charge in [-0.3, -0.25) is 4.79 Å². The first-order valence-corrected chi connectivity index (χ1v) is 8.82. The SMILES string of the molecule is Cc1c(C(N)=O)cc(-c2ccc(N3CCCC3)cc2)n1CC(C)C. The van der Waals surface area contributed by atoms with E-state index in [2.05, 4.69) is 47.6 Å². The number of benzene rings is 1. The summed E-state index contributed by atoms with van der Waals surface area (Å²) in [7, 11) is 0. The van der Waals surface area contributed by atoms with Crippen molar-refractivity contribution in [2.45, 2.75) is 40.2 Å². The van der Waals surface area contributed by atoms with Crippen molar-refractivity contribution in [1.29, 1.82) is 0 Å². The molecule has 0 unspecified atom stereocenters. The van der Waals surface area contributed by atoms with Crippen LogP contribution in [0.4, 0.5) is 5.69 Å². The Hall–Kier alpha value is -2.23. The van der Waals surface area contributed by atoms with Gasteiger partial charge in [-0.1, -0.05) is 26.0 Å². The average Bonchev–Trinajstić information content (AvgIpc) is 3.17. The topological polar surface area (TPSA) is 51.3 Å². The number of nitrogens with zero attached hydrogens (tertiary/aromatic N) is 2. The maximum Gasteiger partial charge on any atom is 0.250 e. The average molecular weight is 325 g/mol. The van der Waals surface area contributed by atoms with Gasteiger partial charge in [-0.2, -0.15) is 0 Å². The third-order valence-electron chi connectivity index (χ3n) is 4.81. The summed E-state index contributed by atoms with van der Waals surface area (Å²) in [5, 5.41) is 0. The lowest BCUT2D eigenvalue weighted by molar-refractivity contribution is 0.0999. The van der Waals surface area contributed by atoms with E-state index in [0.717, 1.165) is 36.6 Å². The molecule has 1 fully saturated rings. The van der Waals surface area contributed by atoms with Crippen molar-refractivity contribution >= 4 is 11.6 Å². The Kier molecular flexibility index (Phi) is 4.65. The summed E-state index contributed by atoms with van der Waals surface area (Å²) in [5.74, 6) is 0.143. The molecule has 0 radical (unpaired) electrons. The highest BCUT2D eigenvalue weighted by Crippen LogP contribution is 2.29. The second kappa shape index (κ2) is 6.71. The number of hydrogen-bond donors (Lipinski definition) is 1. The second-order valence-corrected chi connectivity index (χ2v) is 7.14. The van der Waals surface area contributed by atoms with Gasteiger partial charge in [-0.25, -0.2) is 0 Å². The van der Waals surface area contributed by atoms with Crippen LogP contribution in [0.1, 0.15) is 42.7 Å². The first kappa shape index (κ1) is 16.6. The maximum absolute atomic E-state index is 11.7. The number of aromatic nitrogens is 1. The van der Waals surface area contributed by atoms with Crippen LogP contribution < -0.4 is 10.6 Å². The van der Waals surface area contributed by atoms with Crippen molar-refractivity contribution in [3.05, 3.63) is 41.6 Å². The van der Waals surface area contributed by atoms with Gasteiger partial charge in [0, 0.05) is 36.7 Å². The summed E-state index contributed by atoms with van der Waals surface area (Å²) in [5.41, 5.74) is 10.6. The van der Waals surface area contributed by atoms with E-state index in [9.17, 15) is 4.79 Å². The largest absolute Gasteiger partial charge is 0.372 e. The van der Waals surface area contributed by atoms with Gasteiger partial charge in [0.05, 0.1) is 5.56 Å². The van der Waals surface area contributed by atoms with Crippen LogP contribution in [0.2, 0.25) is 0 Å². The fraction of sp³-hybridized carbons (Fsp3) is 0.450. The zero-order valence-electron chi connectivity index (χ0n) is 14.9. The molecule has 0 spiro atoms. The van der Waals surface area contributed by atoms with E-state index in [0.29, 0.717) is 11.5 Å². The van der Waals surface area contributed by atoms with Crippen LogP contribution in [0.3, 0.4) is 0 Å². The van der Waals surface area contributed by atoms with E-state index in [4.69, 9.17) is 5.73 Å². The molecular formula is C20H27N3O. The van der Waals surface area contributed by atoms with E-state index in [-0.39, 0.29) is 5.91 Å². The molecule has 24 heavy (non-hydrogen) atoms. The minimum Gasteiger partial charge on any atom is -0.372 e. The Bertz CT molecular complexity index is 722. The molecule has 2 N–H and O–H groups in total. The molecule has 2 aromatic rings. The molecule has 1 aliphatic rings. The van der Waals surface area contributed by atoms with Crippen LogP contribution in [0.25, 0.3) is 11.3 Å². The van der Waals surface area contributed by atoms with Crippen molar-refractivity contribution in [2.24, 2.45) is 11.7 Å². The summed E-state index contributed by atoms with van der Waals surface area (Å²) in [6.45, 7) is 9.52. The van der Waals surface area contributed by atoms with Gasteiger partial charge >= 0.3 is 0 Å². The summed E-state index contributed by atoms with van der Waals surface area (Å²) >= 11 is 0. The Balaban J connectivity index is 1.98. The summed E-state index contributed by atoms with van der Waals surface area (Å²) in [4.78, 5) is 14.2. The Morgan fingerprint density at radius 3 is 2.33 bits per heavy atom. The number of carbonyl (C=O) groups is 1. The first-order valence-electron chi connectivity index (χ1n) is 8.82. The molecule has 0 saturated carbocycles. The lowest BCUT2D eigenvalue weighted by atomic mass is 10.1. The molecule has 0 aliphatic carbocycles. The number of amides is 1. The molecule has 0 bridgehead atoms. The van der Waals surface area contributed by atoms with Crippen molar-refractivity contribution < 1.29 is 4.79 Å². The fourth-order valence-electron chi connectivity index (χ4n) is 3.55. The first-order chi connectivity index (χ1) is 11.5. The number of carbonyl (C=O) groups excluding carboxylic acids is 1. The van der Waals surface area contributed by atoms with E-state index in [1.807, 2.05) is 13.0 Å². The number of nitrogens with two attached hydrogens (primary N) is 1. The summed E-state index contributed by atoms with van der Waals surface area (Å²) in [6, 6.07) is 10.6. The summed E-state index contributed by atoms with van der Waals surface area (Å²) in [6.07, 6.45) is 2.56. The van der Waals surface area contributed by atoms with E-state index >= 15 is 0 Å². The molecule has 128 valence electrons. The minimum absolute atomic E-state index is 0.357. The third-order valence-corrected chi connectivity index (χ3v) is 4.81. The maximum atomic E-state index is 11.7. The van der Waals surface area contributed by atoms with Crippen LogP contribution in [0.5, 0.6) is 0 Å². The van der Waals surface area contributed by atoms with Gasteiger partial charge in [-0.05, 0) is 49.4 Å². The Morgan fingerprint density at radius 1 is 1.17 bits per heavy atom. The smallest absolute Gasteiger partial charge is 0.250 e. The van der Waals surface area contributed by atoms with Gasteiger partial charge in [0.1, 0.15) is 0 Å². The quantitative estimate of drug-likeness (QED) is 0.908. The molecule has 1 amide bonds. The van der Waals surface area contributed by atoms with Gasteiger partial charge in [0.15, 0.2) is 0 Å². The molecule has 1 aliphatic heterocycles. The van der Waals surface area contributed by atoms with Gasteiger partial charge in [0.25, 0.3) is 5.91 Å².